The van der Waals surface area contributed by atoms with Crippen LogP contribution in [0.5, 0.6) is 0 Å². The Morgan fingerprint density at radius 1 is 1.44 bits per heavy atom. The Labute approximate surface area is 96.5 Å². The molecule has 2 rings (SSSR count). The number of carbonyl (C=O) groups is 1. The molecule has 0 saturated heterocycles. The smallest absolute Gasteiger partial charge is 0.264 e. The maximum Gasteiger partial charge on any atom is 0.264 e. The van der Waals surface area contributed by atoms with Gasteiger partial charge in [-0.2, -0.15) is 8.42 Å². The van der Waals surface area contributed by atoms with Crippen molar-refractivity contribution in [1.29, 1.82) is 0 Å². The first-order chi connectivity index (χ1) is 7.19. The fraction of sp³-hybridized carbons (Fsp3) is 0.909. The summed E-state index contributed by atoms with van der Waals surface area (Å²) in [5, 5.41) is 0. The van der Waals surface area contributed by atoms with Gasteiger partial charge in [-0.1, -0.05) is 13.8 Å². The van der Waals surface area contributed by atoms with Gasteiger partial charge in [0.25, 0.3) is 10.1 Å². The Kier molecular flexibility index (Phi) is 2.48. The van der Waals surface area contributed by atoms with Crippen LogP contribution in [0.4, 0.5) is 0 Å². The minimum Gasteiger partial charge on any atom is -0.299 e. The van der Waals surface area contributed by atoms with Crippen LogP contribution in [0.2, 0.25) is 0 Å². The van der Waals surface area contributed by atoms with Crippen molar-refractivity contribution < 1.29 is 17.4 Å². The highest BCUT2D eigenvalue weighted by Gasteiger charge is 2.64. The van der Waals surface area contributed by atoms with E-state index in [-0.39, 0.29) is 17.8 Å². The zero-order valence-electron chi connectivity index (χ0n) is 9.95. The molecule has 2 atom stereocenters. The topological polar surface area (TPSA) is 60.4 Å². The summed E-state index contributed by atoms with van der Waals surface area (Å²) < 4.78 is 27.0. The van der Waals surface area contributed by atoms with Crippen LogP contribution in [0.15, 0.2) is 0 Å². The summed E-state index contributed by atoms with van der Waals surface area (Å²) in [5.74, 6) is 0.570. The van der Waals surface area contributed by atoms with Crippen LogP contribution >= 0.6 is 0 Å². The van der Waals surface area contributed by atoms with Gasteiger partial charge in [-0.25, -0.2) is 0 Å². The van der Waals surface area contributed by atoms with E-state index in [1.807, 2.05) is 0 Å². The lowest BCUT2D eigenvalue weighted by molar-refractivity contribution is -0.131. The van der Waals surface area contributed by atoms with Crippen molar-refractivity contribution in [3.8, 4) is 0 Å². The predicted molar refractivity (Wildman–Crippen MR) is 59.4 cm³/mol. The van der Waals surface area contributed by atoms with Gasteiger partial charge in [-0.3, -0.25) is 8.98 Å². The van der Waals surface area contributed by atoms with Gasteiger partial charge < -0.3 is 0 Å². The standard InChI is InChI=1S/C11H18O4S/c1-10(2)8-4-5-11(10,9(12)6-8)7-15-16(3,13)14/h8H,4-7H2,1-3H3. The largest absolute Gasteiger partial charge is 0.299 e. The molecule has 2 saturated carbocycles. The maximum atomic E-state index is 12.0. The van der Waals surface area contributed by atoms with Gasteiger partial charge in [-0.15, -0.1) is 0 Å². The molecule has 92 valence electrons. The number of hydrogen-bond acceptors (Lipinski definition) is 4. The molecule has 2 aliphatic carbocycles. The van der Waals surface area contributed by atoms with E-state index in [2.05, 4.69) is 13.8 Å². The van der Waals surface area contributed by atoms with Crippen molar-refractivity contribution >= 4 is 15.9 Å². The fourth-order valence-electron chi connectivity index (χ4n) is 3.32. The van der Waals surface area contributed by atoms with Crippen LogP contribution in [0.1, 0.15) is 33.1 Å². The molecular formula is C11H18O4S. The summed E-state index contributed by atoms with van der Waals surface area (Å²) in [5.41, 5.74) is -0.699. The Balaban J connectivity index is 2.26. The fourth-order valence-corrected chi connectivity index (χ4v) is 3.73. The monoisotopic (exact) mass is 246 g/mol. The second-order valence-electron chi connectivity index (χ2n) is 5.63. The Morgan fingerprint density at radius 2 is 2.06 bits per heavy atom. The molecule has 2 aliphatic rings. The summed E-state index contributed by atoms with van der Waals surface area (Å²) in [6.07, 6.45) is 3.38. The molecule has 0 aromatic rings. The molecule has 2 fully saturated rings. The second-order valence-corrected chi connectivity index (χ2v) is 7.28. The maximum absolute atomic E-state index is 12.0. The van der Waals surface area contributed by atoms with Gasteiger partial charge in [0.05, 0.1) is 18.3 Å². The van der Waals surface area contributed by atoms with E-state index >= 15 is 0 Å². The van der Waals surface area contributed by atoms with E-state index in [1.165, 1.54) is 0 Å². The first kappa shape index (κ1) is 12.0. The van der Waals surface area contributed by atoms with E-state index in [1.54, 1.807) is 0 Å². The van der Waals surface area contributed by atoms with Crippen LogP contribution in [0.3, 0.4) is 0 Å². The molecule has 4 nitrogen and oxygen atoms in total. The van der Waals surface area contributed by atoms with Gasteiger partial charge >= 0.3 is 0 Å². The second kappa shape index (κ2) is 3.29. The molecule has 0 heterocycles. The van der Waals surface area contributed by atoms with Crippen molar-refractivity contribution in [3.05, 3.63) is 0 Å². The number of rotatable bonds is 3. The van der Waals surface area contributed by atoms with E-state index < -0.39 is 15.5 Å². The van der Waals surface area contributed by atoms with Gasteiger partial charge in [-0.05, 0) is 24.2 Å². The molecule has 0 radical (unpaired) electrons. The van der Waals surface area contributed by atoms with E-state index in [0.29, 0.717) is 12.3 Å². The molecule has 2 bridgehead atoms. The average molecular weight is 246 g/mol. The SMILES string of the molecule is CC1(C)C2CCC1(COS(C)(=O)=O)C(=O)C2. The highest BCUT2D eigenvalue weighted by Crippen LogP contribution is 2.63. The van der Waals surface area contributed by atoms with Crippen molar-refractivity contribution in [2.75, 3.05) is 12.9 Å². The van der Waals surface area contributed by atoms with Crippen molar-refractivity contribution in [1.82, 2.24) is 0 Å². The van der Waals surface area contributed by atoms with Crippen LogP contribution in [0, 0.1) is 16.7 Å². The molecule has 5 heteroatoms. The molecule has 0 N–H and O–H groups in total. The molecule has 0 aromatic heterocycles. The highest BCUT2D eigenvalue weighted by atomic mass is 32.2. The van der Waals surface area contributed by atoms with Gasteiger partial charge in [0.15, 0.2) is 0 Å². The molecule has 0 aromatic carbocycles. The number of carbonyl (C=O) groups excluding carboxylic acids is 1. The Bertz CT molecular complexity index is 423. The lowest BCUT2D eigenvalue weighted by atomic mass is 9.69. The molecular weight excluding hydrogens is 228 g/mol. The summed E-state index contributed by atoms with van der Waals surface area (Å²) in [6.45, 7) is 4.14. The molecule has 0 spiro atoms. The van der Waals surface area contributed by atoms with Crippen LogP contribution in [-0.2, 0) is 19.1 Å². The Morgan fingerprint density at radius 3 is 2.44 bits per heavy atom. The summed E-state index contributed by atoms with van der Waals surface area (Å²) in [4.78, 5) is 12.0. The first-order valence-corrected chi connectivity index (χ1v) is 7.38. The summed E-state index contributed by atoms with van der Waals surface area (Å²) in [7, 11) is -3.47. The predicted octanol–water partition coefficient (Wildman–Crippen LogP) is 1.36. The molecule has 0 aliphatic heterocycles. The number of hydrogen-bond donors (Lipinski definition) is 0. The van der Waals surface area contributed by atoms with Gasteiger partial charge in [0, 0.05) is 6.42 Å². The van der Waals surface area contributed by atoms with E-state index in [0.717, 1.165) is 19.1 Å². The zero-order valence-corrected chi connectivity index (χ0v) is 10.8. The van der Waals surface area contributed by atoms with Crippen molar-refractivity contribution in [2.45, 2.75) is 33.1 Å². The van der Waals surface area contributed by atoms with E-state index in [9.17, 15) is 13.2 Å². The number of Topliss-reactive ketones (excluding diaryl/α,β-unsaturated/α-hetero) is 1. The molecule has 16 heavy (non-hydrogen) atoms. The number of fused-ring (bicyclic) bond motifs is 2. The third-order valence-corrected chi connectivity index (χ3v) is 5.20. The van der Waals surface area contributed by atoms with Crippen molar-refractivity contribution in [2.24, 2.45) is 16.7 Å². The highest BCUT2D eigenvalue weighted by molar-refractivity contribution is 7.85. The van der Waals surface area contributed by atoms with Gasteiger partial charge in [0.2, 0.25) is 0 Å². The summed E-state index contributed by atoms with van der Waals surface area (Å²) >= 11 is 0. The first-order valence-electron chi connectivity index (χ1n) is 5.57. The molecule has 0 amide bonds. The quantitative estimate of drug-likeness (QED) is 0.705. The number of ketones is 1. The minimum absolute atomic E-state index is 0.0220. The molecule has 2 unspecified atom stereocenters. The van der Waals surface area contributed by atoms with Gasteiger partial charge in [0.1, 0.15) is 5.78 Å². The average Bonchev–Trinajstić information content (AvgIpc) is 2.46. The van der Waals surface area contributed by atoms with Crippen molar-refractivity contribution in [3.63, 3.8) is 0 Å². The van der Waals surface area contributed by atoms with Crippen LogP contribution < -0.4 is 0 Å². The third-order valence-electron chi connectivity index (χ3n) is 4.66. The Hall–Kier alpha value is -0.420. The van der Waals surface area contributed by atoms with Crippen LogP contribution in [0.25, 0.3) is 0 Å². The summed E-state index contributed by atoms with van der Waals surface area (Å²) in [6, 6.07) is 0. The minimum atomic E-state index is -3.47. The lowest BCUT2D eigenvalue weighted by Crippen LogP contribution is -2.40. The van der Waals surface area contributed by atoms with E-state index in [4.69, 9.17) is 4.18 Å². The third kappa shape index (κ3) is 1.52. The zero-order chi connectivity index (χ0) is 12.2. The van der Waals surface area contributed by atoms with Crippen LogP contribution in [-0.4, -0.2) is 27.1 Å². The normalized spacial score (nSPS) is 36.9. The lowest BCUT2D eigenvalue weighted by Gasteiger charge is -2.35.